The number of β-lactam (4-membered cyclic amide) rings is 1. The largest absolute Gasteiger partial charge is 0.476 e. The van der Waals surface area contributed by atoms with E-state index in [1.165, 1.54) is 34.7 Å². The Morgan fingerprint density at radius 1 is 1.52 bits per heavy atom. The number of aliphatic hydroxyl groups is 1. The van der Waals surface area contributed by atoms with E-state index in [2.05, 4.69) is 9.72 Å². The number of carbonyl (C=O) groups excluding carboxylic acids is 2. The van der Waals surface area contributed by atoms with Crippen LogP contribution in [0.15, 0.2) is 18.2 Å². The number of carboxylic acids is 1. The van der Waals surface area contributed by atoms with Crippen molar-refractivity contribution < 1.29 is 29.3 Å². The fourth-order valence-electron chi connectivity index (χ4n) is 2.76. The van der Waals surface area contributed by atoms with Crippen molar-refractivity contribution in [1.29, 1.82) is 0 Å². The van der Waals surface area contributed by atoms with E-state index in [0.29, 0.717) is 10.7 Å². The van der Waals surface area contributed by atoms with Crippen molar-refractivity contribution in [1.82, 2.24) is 14.5 Å². The van der Waals surface area contributed by atoms with Crippen LogP contribution < -0.4 is 5.73 Å². The number of methoxy groups -OCH3 is 1. The number of aromatic nitrogens is 2. The normalized spacial score (nSPS) is 23.3. The van der Waals surface area contributed by atoms with Crippen molar-refractivity contribution >= 4 is 34.6 Å². The highest BCUT2D eigenvalue weighted by atomic mass is 32.2. The molecule has 134 valence electrons. The van der Waals surface area contributed by atoms with Crippen molar-refractivity contribution in [3.8, 4) is 0 Å². The summed E-state index contributed by atoms with van der Waals surface area (Å²) in [5, 5.41) is 18.6. The molecule has 1 fully saturated rings. The standard InChI is InChI=1S/C14H16N4O6S/c1-24-14(23)8(15)2-6-3-17(5-16-6)12-9(13(21)22)18-10(20)7(4-19)11(18)25-12/h3,5,7-8,11,19H,2,4,15H2,1H3,(H,21,22)/t7-,8?,11+/m0/s1. The lowest BCUT2D eigenvalue weighted by Crippen LogP contribution is -2.58. The van der Waals surface area contributed by atoms with E-state index in [1.807, 2.05) is 0 Å². The van der Waals surface area contributed by atoms with Crippen molar-refractivity contribution in [2.75, 3.05) is 13.7 Å². The average Bonchev–Trinajstić information content (AvgIpc) is 3.16. The number of aliphatic carboxylic acids is 1. The Bertz CT molecular complexity index is 775. The highest BCUT2D eigenvalue weighted by Gasteiger charge is 2.56. The number of carboxylic acid groups (broad SMARTS) is 1. The number of thioether (sulfide) groups is 1. The number of hydrogen-bond donors (Lipinski definition) is 3. The van der Waals surface area contributed by atoms with Crippen molar-refractivity contribution in [2.45, 2.75) is 17.8 Å². The lowest BCUT2D eigenvalue weighted by molar-refractivity contribution is -0.153. The number of rotatable bonds is 6. The van der Waals surface area contributed by atoms with Crippen LogP contribution in [-0.2, 0) is 25.5 Å². The summed E-state index contributed by atoms with van der Waals surface area (Å²) >= 11 is 1.17. The van der Waals surface area contributed by atoms with E-state index in [0.717, 1.165) is 0 Å². The predicted molar refractivity (Wildman–Crippen MR) is 85.6 cm³/mol. The average molecular weight is 368 g/mol. The Balaban J connectivity index is 1.86. The summed E-state index contributed by atoms with van der Waals surface area (Å²) < 4.78 is 6.03. The predicted octanol–water partition coefficient (Wildman–Crippen LogP) is -1.34. The van der Waals surface area contributed by atoms with Crippen LogP contribution >= 0.6 is 11.8 Å². The SMILES string of the molecule is COC(=O)C(N)Cc1cn(C2=C(C(=O)O)N3C(=O)[C@H](CO)[C@H]3S2)cn1. The minimum atomic E-state index is -1.24. The van der Waals surface area contributed by atoms with Gasteiger partial charge < -0.3 is 20.7 Å². The second kappa shape index (κ2) is 6.50. The van der Waals surface area contributed by atoms with Gasteiger partial charge in [0.05, 0.1) is 31.7 Å². The summed E-state index contributed by atoms with van der Waals surface area (Å²) in [4.78, 5) is 40.2. The molecule has 1 saturated heterocycles. The zero-order valence-corrected chi connectivity index (χ0v) is 14.0. The third-order valence-corrected chi connectivity index (χ3v) is 5.44. The number of ether oxygens (including phenoxy) is 1. The van der Waals surface area contributed by atoms with E-state index in [-0.39, 0.29) is 18.7 Å². The molecular formula is C14H16N4O6S. The molecule has 25 heavy (non-hydrogen) atoms. The van der Waals surface area contributed by atoms with Crippen LogP contribution in [0.1, 0.15) is 5.69 Å². The van der Waals surface area contributed by atoms with Crippen LogP contribution in [0.5, 0.6) is 0 Å². The number of fused-ring (bicyclic) bond motifs is 1. The maximum Gasteiger partial charge on any atom is 0.355 e. The molecule has 0 aliphatic carbocycles. The first-order valence-electron chi connectivity index (χ1n) is 7.33. The lowest BCUT2D eigenvalue weighted by atomic mass is 9.98. The van der Waals surface area contributed by atoms with E-state index in [1.54, 1.807) is 6.20 Å². The van der Waals surface area contributed by atoms with E-state index in [9.17, 15) is 24.6 Å². The van der Waals surface area contributed by atoms with Crippen LogP contribution in [0.4, 0.5) is 0 Å². The maximum atomic E-state index is 12.0. The smallest absolute Gasteiger partial charge is 0.355 e. The Hall–Kier alpha value is -2.37. The van der Waals surface area contributed by atoms with Gasteiger partial charge in [-0.2, -0.15) is 0 Å². The number of hydrogen-bond acceptors (Lipinski definition) is 8. The second-order valence-corrected chi connectivity index (χ2v) is 6.68. The van der Waals surface area contributed by atoms with Crippen LogP contribution in [0.2, 0.25) is 0 Å². The molecule has 2 aliphatic rings. The summed E-state index contributed by atoms with van der Waals surface area (Å²) in [5.41, 5.74) is 6.02. The van der Waals surface area contributed by atoms with Crippen LogP contribution in [0, 0.1) is 5.92 Å². The number of carbonyl (C=O) groups is 3. The first-order chi connectivity index (χ1) is 11.9. The van der Waals surface area contributed by atoms with Gasteiger partial charge in [0.25, 0.3) is 0 Å². The van der Waals surface area contributed by atoms with Crippen molar-refractivity contribution in [3.05, 3.63) is 23.9 Å². The van der Waals surface area contributed by atoms with Crippen LogP contribution in [0.3, 0.4) is 0 Å². The molecule has 1 aromatic rings. The zero-order valence-electron chi connectivity index (χ0n) is 13.2. The molecule has 3 atom stereocenters. The summed E-state index contributed by atoms with van der Waals surface area (Å²) in [6.45, 7) is -0.337. The van der Waals surface area contributed by atoms with E-state index >= 15 is 0 Å². The second-order valence-electron chi connectivity index (χ2n) is 5.57. The quantitative estimate of drug-likeness (QED) is 0.410. The molecule has 0 aromatic carbocycles. The van der Waals surface area contributed by atoms with Gasteiger partial charge in [0.15, 0.2) is 5.70 Å². The molecule has 10 nitrogen and oxygen atoms in total. The fraction of sp³-hybridized carbons (Fsp3) is 0.429. The summed E-state index contributed by atoms with van der Waals surface area (Å²) in [6.07, 6.45) is 3.08. The Morgan fingerprint density at radius 2 is 2.24 bits per heavy atom. The van der Waals surface area contributed by atoms with Gasteiger partial charge in [-0.1, -0.05) is 11.8 Å². The highest BCUT2D eigenvalue weighted by Crippen LogP contribution is 2.50. The molecule has 4 N–H and O–H groups in total. The van der Waals surface area contributed by atoms with Gasteiger partial charge in [0.1, 0.15) is 16.4 Å². The van der Waals surface area contributed by atoms with E-state index < -0.39 is 35.2 Å². The van der Waals surface area contributed by atoms with E-state index in [4.69, 9.17) is 5.73 Å². The molecular weight excluding hydrogens is 352 g/mol. The molecule has 1 aromatic heterocycles. The van der Waals surface area contributed by atoms with Gasteiger partial charge in [0.2, 0.25) is 5.91 Å². The van der Waals surface area contributed by atoms with Gasteiger partial charge >= 0.3 is 11.9 Å². The molecule has 0 radical (unpaired) electrons. The fourth-order valence-corrected chi connectivity index (χ4v) is 4.18. The molecule has 1 amide bonds. The number of imidazole rings is 1. The summed E-state index contributed by atoms with van der Waals surface area (Å²) in [5.74, 6) is -2.85. The van der Waals surface area contributed by atoms with Gasteiger partial charge in [0, 0.05) is 12.6 Å². The minimum Gasteiger partial charge on any atom is -0.476 e. The van der Waals surface area contributed by atoms with Crippen molar-refractivity contribution in [3.63, 3.8) is 0 Å². The third-order valence-electron chi connectivity index (χ3n) is 4.03. The van der Waals surface area contributed by atoms with Gasteiger partial charge in [-0.3, -0.25) is 19.1 Å². The Labute approximate surface area is 146 Å². The number of aliphatic hydroxyl groups excluding tert-OH is 1. The lowest BCUT2D eigenvalue weighted by Gasteiger charge is -2.40. The van der Waals surface area contributed by atoms with Crippen LogP contribution in [-0.4, -0.2) is 67.6 Å². The molecule has 0 saturated carbocycles. The number of amides is 1. The minimum absolute atomic E-state index is 0.130. The Morgan fingerprint density at radius 3 is 2.84 bits per heavy atom. The molecule has 11 heteroatoms. The van der Waals surface area contributed by atoms with Gasteiger partial charge in [-0.05, 0) is 0 Å². The Kier molecular flexibility index (Phi) is 4.54. The highest BCUT2D eigenvalue weighted by molar-refractivity contribution is 8.08. The molecule has 0 bridgehead atoms. The van der Waals surface area contributed by atoms with Gasteiger partial charge in [-0.25, -0.2) is 9.78 Å². The van der Waals surface area contributed by atoms with Crippen LogP contribution in [0.25, 0.3) is 5.03 Å². The molecule has 0 spiro atoms. The molecule has 3 rings (SSSR count). The zero-order chi connectivity index (χ0) is 18.3. The number of nitrogens with zero attached hydrogens (tertiary/aromatic N) is 3. The summed E-state index contributed by atoms with van der Waals surface area (Å²) in [6, 6.07) is -0.877. The first-order valence-corrected chi connectivity index (χ1v) is 8.21. The first kappa shape index (κ1) is 17.5. The molecule has 2 aliphatic heterocycles. The molecule has 1 unspecified atom stereocenters. The third kappa shape index (κ3) is 2.79. The number of nitrogens with two attached hydrogens (primary N) is 1. The van der Waals surface area contributed by atoms with Crippen molar-refractivity contribution in [2.24, 2.45) is 11.7 Å². The number of esters is 1. The monoisotopic (exact) mass is 368 g/mol. The topological polar surface area (TPSA) is 148 Å². The van der Waals surface area contributed by atoms with Gasteiger partial charge in [-0.15, -0.1) is 0 Å². The summed E-state index contributed by atoms with van der Waals surface area (Å²) in [7, 11) is 1.23. The molecule has 3 heterocycles. The maximum absolute atomic E-state index is 12.0.